The lowest BCUT2D eigenvalue weighted by Crippen LogP contribution is -2.65. The van der Waals surface area contributed by atoms with E-state index in [1.807, 2.05) is 36.4 Å². The molecule has 4 aliphatic heterocycles. The van der Waals surface area contributed by atoms with Gasteiger partial charge in [0.25, 0.3) is 0 Å². The van der Waals surface area contributed by atoms with Crippen molar-refractivity contribution in [3.8, 4) is 40.9 Å². The Morgan fingerprint density at radius 1 is 0.794 bits per heavy atom. The average molecular weight is 2010 g/mol. The van der Waals surface area contributed by atoms with Crippen LogP contribution in [0.2, 0.25) is 0 Å². The Kier molecular flexibility index (Phi) is 42.1. The van der Waals surface area contributed by atoms with E-state index in [1.165, 1.54) is 74.0 Å². The predicted octanol–water partition coefficient (Wildman–Crippen LogP) is 4.26. The van der Waals surface area contributed by atoms with Gasteiger partial charge in [0, 0.05) is 80.8 Å². The first-order valence-corrected chi connectivity index (χ1v) is 47.1. The molecule has 2 aliphatic carbocycles. The van der Waals surface area contributed by atoms with E-state index in [2.05, 4.69) is 61.1 Å². The number of nitrogens with one attached hydrogen (secondary N) is 7. The number of nitrogens with two attached hydrogens (primary N) is 2. The number of Topliss-reactive ketones (excluding diaryl/α,β-unsaturated/α-hetero) is 1. The fourth-order valence-corrected chi connectivity index (χ4v) is 19.6. The minimum atomic E-state index is -2.26. The number of thioether (sulfide) groups is 1. The molecule has 44 heteroatoms. The fraction of sp³-hybridized carbons (Fsp3) is 0.632. The van der Waals surface area contributed by atoms with E-state index in [0.29, 0.717) is 40.5 Å². The van der Waals surface area contributed by atoms with Crippen LogP contribution in [0.5, 0.6) is 17.2 Å². The molecule has 8 rings (SSSR count). The number of hydrogen-bond acceptors (Lipinski definition) is 34. The number of methoxy groups -OCH3 is 5. The highest BCUT2D eigenvalue weighted by atomic mass is 127. The van der Waals surface area contributed by atoms with Crippen molar-refractivity contribution < 1.29 is 145 Å². The number of carboxylic acid groups (broad SMARTS) is 1. The zero-order valence-electron chi connectivity index (χ0n) is 75.7. The zero-order valence-corrected chi connectivity index (χ0v) is 80.3. The van der Waals surface area contributed by atoms with Crippen molar-refractivity contribution in [1.29, 1.82) is 0 Å². The molecule has 8 amide bonds. The van der Waals surface area contributed by atoms with Gasteiger partial charge in [-0.15, -0.1) is 0 Å². The summed E-state index contributed by atoms with van der Waals surface area (Å²) in [5.41, 5.74) is 12.2. The summed E-state index contributed by atoms with van der Waals surface area (Å²) in [5.74, 6) is 6.86. The van der Waals surface area contributed by atoms with E-state index in [-0.39, 0.29) is 110 Å². The van der Waals surface area contributed by atoms with E-state index in [4.69, 9.17) is 77.9 Å². The second-order valence-corrected chi connectivity index (χ2v) is 38.0. The normalized spacial score (nSPS) is 27.6. The highest BCUT2D eigenvalue weighted by Crippen LogP contribution is 2.50. The quantitative estimate of drug-likeness (QED) is 0.0145. The largest absolute Gasteiger partial charge is 0.492 e. The molecule has 22 atom stereocenters. The van der Waals surface area contributed by atoms with Gasteiger partial charge in [-0.05, 0) is 157 Å². The second-order valence-electron chi connectivity index (χ2n) is 32.8. The van der Waals surface area contributed by atoms with Gasteiger partial charge in [0.1, 0.15) is 61.4 Å². The van der Waals surface area contributed by atoms with Crippen molar-refractivity contribution in [3.63, 3.8) is 0 Å². The number of carbonyl (C=O) groups excluding carboxylic acids is 9. The van der Waals surface area contributed by atoms with E-state index < -0.39 is 215 Å². The number of aliphatic hydroxyl groups excluding tert-OH is 4. The number of alkyl carbamates (subject to hydrolysis) is 1. The molecule has 0 aromatic heterocycles. The van der Waals surface area contributed by atoms with Crippen molar-refractivity contribution >= 4 is 120 Å². The number of ketones is 1. The van der Waals surface area contributed by atoms with Crippen LogP contribution >= 0.6 is 55.9 Å². The van der Waals surface area contributed by atoms with Crippen molar-refractivity contribution in [2.75, 3.05) is 72.9 Å². The molecular weight excluding hydrogens is 1890 g/mol. The Hall–Kier alpha value is -8.18. The Morgan fingerprint density at radius 3 is 2.11 bits per heavy atom. The number of rotatable bonds is 43. The van der Waals surface area contributed by atoms with Crippen LogP contribution in [0.4, 0.5) is 20.1 Å². The van der Waals surface area contributed by atoms with Gasteiger partial charge >= 0.3 is 24.2 Å². The molecule has 131 heavy (non-hydrogen) atoms. The lowest BCUT2D eigenvalue weighted by molar-refractivity contribution is -0.337. The monoisotopic (exact) mass is 2010 g/mol. The number of carbonyl (C=O) groups is 10. The molecule has 2 bridgehead atoms. The fourth-order valence-electron chi connectivity index (χ4n) is 15.4. The molecule has 0 unspecified atom stereocenters. The molecule has 6 aliphatic rings. The van der Waals surface area contributed by atoms with Gasteiger partial charge in [0.05, 0.1) is 97.0 Å². The molecular formula is C87H123IN10O30S3. The topological polar surface area (TPSA) is 561 Å². The summed E-state index contributed by atoms with van der Waals surface area (Å²) in [5, 5.41) is 83.4. The van der Waals surface area contributed by atoms with Gasteiger partial charge in [-0.25, -0.2) is 14.4 Å². The van der Waals surface area contributed by atoms with Crippen LogP contribution in [0.1, 0.15) is 148 Å². The average Bonchev–Trinajstić information content (AvgIpc) is 0.751. The lowest BCUT2D eigenvalue weighted by Gasteiger charge is -2.47. The number of primary amides is 1. The van der Waals surface area contributed by atoms with Gasteiger partial charge in [-0.2, -0.15) is 5.48 Å². The molecule has 4 saturated heterocycles. The Labute approximate surface area is 786 Å². The number of likely N-dealkylation sites (N-methyl/N-ethyl adjacent to an activating group) is 1. The summed E-state index contributed by atoms with van der Waals surface area (Å²) in [6.45, 7) is 16.5. The first kappa shape index (κ1) is 108. The van der Waals surface area contributed by atoms with Crippen LogP contribution in [-0.4, -0.2) is 300 Å². The number of amides is 8. The van der Waals surface area contributed by atoms with Gasteiger partial charge in [0.15, 0.2) is 41.8 Å². The van der Waals surface area contributed by atoms with Crippen LogP contribution in [-0.2, 0) is 87.6 Å². The summed E-state index contributed by atoms with van der Waals surface area (Å²) >= 11 is 2.73. The van der Waals surface area contributed by atoms with Crippen LogP contribution in [0, 0.1) is 40.1 Å². The van der Waals surface area contributed by atoms with Gasteiger partial charge in [0.2, 0.25) is 40.8 Å². The van der Waals surface area contributed by atoms with Gasteiger partial charge in [-0.3, -0.25) is 43.7 Å². The number of hydroxylamine groups is 1. The number of hydrogen-bond donors (Lipinski definition) is 15. The molecule has 4 fully saturated rings. The van der Waals surface area contributed by atoms with E-state index in [1.54, 1.807) is 78.8 Å². The third-order valence-corrected chi connectivity index (χ3v) is 28.3. The SMILES string of the molecule is CCN(C(=O)OCc1ccc(NC(=O)[C@H](CCCNC(N)=O)NC(=O)[C@@H](NC(=O)[C@H](CCCCN)NC(C)=O)C(C)C)cc1)[C@H]1CO[C@@H](O[C@H]2[C@H](O[C@H]3C#CC=CC#C[C@]4(O)CC(=O)C(NC(=O)OC)=C3/C4=C\CSSC(C)(C)CCC(=O)O)O[C@H](C)[C@@H](NO[C@H]3C[C@H](O)[C@H](SC(=O)c4c(C)c(I)c(O[C@@H]5O[C@@H](C)[C@H](O)[C@@H](OC)[C@H]5O)c(OC)c4OC)[C@@H](C)O3)[C@@H]2O)C[C@@H]1OC. The number of urea groups is 1. The molecule has 0 radical (unpaired) electrons. The zero-order chi connectivity index (χ0) is 96.5. The van der Waals surface area contributed by atoms with Crippen molar-refractivity contribution in [1.82, 2.24) is 37.0 Å². The number of aliphatic hydroxyl groups is 5. The maximum atomic E-state index is 14.7. The first-order valence-electron chi connectivity index (χ1n) is 42.8. The van der Waals surface area contributed by atoms with Gasteiger partial charge < -0.3 is 135 Å². The summed E-state index contributed by atoms with van der Waals surface area (Å²) in [6, 6.07) is 0.0744. The number of allylic oxidation sites excluding steroid dienone is 3. The summed E-state index contributed by atoms with van der Waals surface area (Å²) in [6.07, 6.45) is -16.4. The van der Waals surface area contributed by atoms with Crippen LogP contribution in [0.3, 0.4) is 0 Å². The summed E-state index contributed by atoms with van der Waals surface area (Å²) in [7, 11) is 9.15. The standard InChI is InChI=1S/C87H123IN10O30S3/c1-16-98(85(113)121-41-49-27-29-50(30-28-49)93-77(107)53(25-23-36-91-83(90)111)94-79(109)65(43(2)3)95-78(108)52(92-48(8)99)24-20-22-35-89)54-42-120-60(39-58(54)115-11)126-74-69(105)66(45(5)123-82(74)125-57-26-19-17-18-21-33-87(114)40-56(101)67(96-84(112)119-15)63(57)51(87)32-37-129-131-86(9,10)34-31-59(102)103)97-128-61-38-55(100)76(47(7)122-61)130-80(110)62-44(4)64(88)72(75(118-14)71(62)116-12)127-81-70(106)73(117-13)68(104)46(6)124-81/h17-18,27-30,32,43,45-47,52-55,57-58,60-61,65-66,68-70,73-74,76,81-82,97,100,104-106,114H,16,20,22-25,31,34-42,89H2,1-15H3,(H,92,99)(H,93,107)(H,94,109)(H,95,108)(H,96,112)(H,102,103)(H3,90,91,111)/b18-17?,51-32+/t45-,46+,47-,52+,53+,54+,55+,57+,58+,60+,61+,65+,66-,68+,69+,70-,73-,74-,76-,81+,82+,87+/m1/s1. The Morgan fingerprint density at radius 2 is 1.48 bits per heavy atom. The molecule has 4 heterocycles. The second kappa shape index (κ2) is 51.0. The number of ether oxygens (including phenoxy) is 13. The molecule has 726 valence electrons. The lowest BCUT2D eigenvalue weighted by atomic mass is 9.75. The minimum Gasteiger partial charge on any atom is -0.492 e. The smallest absolute Gasteiger partial charge is 0.411 e. The van der Waals surface area contributed by atoms with Crippen LogP contribution in [0.15, 0.2) is 59.3 Å². The first-order chi connectivity index (χ1) is 62.2. The number of benzene rings is 2. The highest BCUT2D eigenvalue weighted by molar-refractivity contribution is 14.1. The number of aliphatic carboxylic acids is 1. The third kappa shape index (κ3) is 29.4. The predicted molar refractivity (Wildman–Crippen MR) is 487 cm³/mol. The molecule has 2 aromatic rings. The Balaban J connectivity index is 1.02. The van der Waals surface area contributed by atoms with Crippen LogP contribution in [0.25, 0.3) is 0 Å². The van der Waals surface area contributed by atoms with Crippen molar-refractivity contribution in [2.45, 2.75) is 278 Å². The van der Waals surface area contributed by atoms with E-state index in [9.17, 15) is 78.6 Å². The van der Waals surface area contributed by atoms with E-state index in [0.717, 1.165) is 18.9 Å². The number of unbranched alkanes of at least 4 members (excludes halogenated alkanes) is 1. The molecule has 0 saturated carbocycles. The summed E-state index contributed by atoms with van der Waals surface area (Å²) < 4.78 is 79.1. The molecule has 2 aromatic carbocycles. The van der Waals surface area contributed by atoms with E-state index >= 15 is 0 Å². The Bertz CT molecular complexity index is 4540. The molecule has 0 spiro atoms. The third-order valence-electron chi connectivity index (χ3n) is 22.4. The van der Waals surface area contributed by atoms with Gasteiger partial charge in [-0.1, -0.05) is 89.1 Å². The molecule has 17 N–H and O–H groups in total. The van der Waals surface area contributed by atoms with Crippen molar-refractivity contribution in [3.05, 3.63) is 79.6 Å². The number of anilines is 1. The highest BCUT2D eigenvalue weighted by Gasteiger charge is 2.53. The van der Waals surface area contributed by atoms with Crippen molar-refractivity contribution in [2.24, 2.45) is 17.4 Å². The number of carboxylic acids is 1. The maximum Gasteiger partial charge on any atom is 0.411 e. The number of fused-ring (bicyclic) bond motifs is 2. The summed E-state index contributed by atoms with van der Waals surface area (Å²) in [4.78, 5) is 141. The molecule has 40 nitrogen and oxygen atoms in total. The van der Waals surface area contributed by atoms with Crippen LogP contribution < -0.4 is 63.1 Å². The number of nitrogens with zero attached hydrogens (tertiary/aromatic N) is 1. The maximum absolute atomic E-state index is 14.7. The number of halogens is 1. The minimum absolute atomic E-state index is 0.0155.